The molecule has 5 nitrogen and oxygen atoms in total. The Morgan fingerprint density at radius 2 is 2.13 bits per heavy atom. The van der Waals surface area contributed by atoms with Crippen molar-refractivity contribution < 1.29 is 18.3 Å². The van der Waals surface area contributed by atoms with Crippen LogP contribution in [0.1, 0.15) is 0 Å². The summed E-state index contributed by atoms with van der Waals surface area (Å²) >= 11 is -1.99. The van der Waals surface area contributed by atoms with Crippen LogP contribution in [0.5, 0.6) is 5.75 Å². The van der Waals surface area contributed by atoms with Gasteiger partial charge in [0.15, 0.2) is 16.9 Å². The van der Waals surface area contributed by atoms with Crippen LogP contribution < -0.4 is 9.50 Å². The van der Waals surface area contributed by atoms with Crippen LogP contribution in [0.15, 0.2) is 35.1 Å². The third-order valence-electron chi connectivity index (χ3n) is 1.83. The van der Waals surface area contributed by atoms with Gasteiger partial charge >= 0.3 is 0 Å². The Morgan fingerprint density at radius 1 is 1.40 bits per heavy atom. The van der Waals surface area contributed by atoms with Crippen molar-refractivity contribution in [2.45, 2.75) is 0 Å². The van der Waals surface area contributed by atoms with Gasteiger partial charge in [0.1, 0.15) is 0 Å². The van der Waals surface area contributed by atoms with Crippen LogP contribution in [-0.2, 0) is 15.9 Å². The highest BCUT2D eigenvalue weighted by Gasteiger charge is 2.21. The molecule has 78 valence electrons. The van der Waals surface area contributed by atoms with Gasteiger partial charge in [-0.15, -0.1) is 0 Å². The number of anilines is 1. The van der Waals surface area contributed by atoms with Gasteiger partial charge in [-0.25, -0.2) is 4.21 Å². The highest BCUT2D eigenvalue weighted by molar-refractivity contribution is 7.85. The van der Waals surface area contributed by atoms with Gasteiger partial charge in [0, 0.05) is 0 Å². The average Bonchev–Trinajstić information content (AvgIpc) is 2.33. The molecule has 0 aliphatic carbocycles. The van der Waals surface area contributed by atoms with Crippen molar-refractivity contribution in [2.24, 2.45) is 0 Å². The quantitative estimate of drug-likeness (QED) is 0.699. The number of benzene rings is 1. The van der Waals surface area contributed by atoms with Crippen molar-refractivity contribution in [3.63, 3.8) is 0 Å². The highest BCUT2D eigenvalue weighted by Crippen LogP contribution is 2.29. The second kappa shape index (κ2) is 3.74. The molecule has 0 radical (unpaired) electrons. The smallest absolute Gasteiger partial charge is 0.249 e. The van der Waals surface area contributed by atoms with Crippen molar-refractivity contribution in [2.75, 3.05) is 5.32 Å². The number of para-hydroxylation sites is 2. The number of hydrogen-bond donors (Lipinski definition) is 2. The minimum absolute atomic E-state index is 0.296. The van der Waals surface area contributed by atoms with Crippen LogP contribution >= 0.6 is 0 Å². The van der Waals surface area contributed by atoms with Gasteiger partial charge < -0.3 is 14.6 Å². The second-order valence-corrected chi connectivity index (χ2v) is 3.85. The van der Waals surface area contributed by atoms with Crippen LogP contribution in [0.3, 0.4) is 0 Å². The largest absolute Gasteiger partial charge is 0.494 e. The van der Waals surface area contributed by atoms with Gasteiger partial charge in [-0.3, -0.25) is 4.79 Å². The number of aliphatic hydroxyl groups excluding tert-OH is 1. The molecule has 1 aliphatic heterocycles. The fourth-order valence-electron chi connectivity index (χ4n) is 1.13. The van der Waals surface area contributed by atoms with Gasteiger partial charge in [0.25, 0.3) is 0 Å². The number of aldehydes is 1. The van der Waals surface area contributed by atoms with Gasteiger partial charge in [-0.05, 0) is 12.1 Å². The van der Waals surface area contributed by atoms with E-state index < -0.39 is 17.0 Å². The third kappa shape index (κ3) is 1.71. The number of aliphatic hydroxyl groups is 1. The summed E-state index contributed by atoms with van der Waals surface area (Å²) < 4.78 is 16.4. The fraction of sp³-hybridized carbons (Fsp3) is 0. The number of allylic oxidation sites excluding steroid dienone is 1. The summed E-state index contributed by atoms with van der Waals surface area (Å²) in [4.78, 5) is 10.2. The van der Waals surface area contributed by atoms with E-state index in [4.69, 9.17) is 4.18 Å². The molecule has 0 amide bonds. The third-order valence-corrected chi connectivity index (χ3v) is 2.81. The van der Waals surface area contributed by atoms with Crippen LogP contribution in [0.25, 0.3) is 0 Å². The molecule has 1 unspecified atom stereocenters. The summed E-state index contributed by atoms with van der Waals surface area (Å²) in [6, 6.07) is 6.63. The molecule has 0 spiro atoms. The molecule has 0 saturated heterocycles. The molecule has 0 saturated carbocycles. The summed E-state index contributed by atoms with van der Waals surface area (Å²) in [7, 11) is 0. The lowest BCUT2D eigenvalue weighted by Crippen LogP contribution is -2.07. The van der Waals surface area contributed by atoms with Crippen LogP contribution in [0.2, 0.25) is 0 Å². The van der Waals surface area contributed by atoms with Crippen molar-refractivity contribution in [1.29, 1.82) is 0 Å². The molecule has 0 aromatic heterocycles. The van der Waals surface area contributed by atoms with Crippen molar-refractivity contribution in [3.8, 4) is 5.75 Å². The maximum atomic E-state index is 11.4. The Kier molecular flexibility index (Phi) is 2.42. The first-order valence-electron chi connectivity index (χ1n) is 4.07. The lowest BCUT2D eigenvalue weighted by atomic mass is 10.3. The first-order chi connectivity index (χ1) is 7.22. The van der Waals surface area contributed by atoms with E-state index in [1.54, 1.807) is 24.3 Å². The molecule has 0 fully saturated rings. The minimum Gasteiger partial charge on any atom is -0.494 e. The van der Waals surface area contributed by atoms with E-state index in [0.717, 1.165) is 0 Å². The van der Waals surface area contributed by atoms with Crippen molar-refractivity contribution in [1.82, 2.24) is 0 Å². The zero-order valence-electron chi connectivity index (χ0n) is 7.47. The number of fused-ring (bicyclic) bond motifs is 1. The van der Waals surface area contributed by atoms with Gasteiger partial charge in [0.2, 0.25) is 17.0 Å². The average molecular weight is 225 g/mol. The molecule has 1 aromatic rings. The van der Waals surface area contributed by atoms with E-state index in [1.807, 2.05) is 0 Å². The summed E-state index contributed by atoms with van der Waals surface area (Å²) in [5.41, 5.74) is 0.459. The number of hydrogen-bond acceptors (Lipinski definition) is 5. The number of carbonyl (C=O) groups is 1. The number of carbonyl (C=O) groups excluding carboxylic acids is 1. The van der Waals surface area contributed by atoms with Crippen molar-refractivity contribution in [3.05, 3.63) is 35.1 Å². The van der Waals surface area contributed by atoms with Gasteiger partial charge in [-0.1, -0.05) is 12.1 Å². The lowest BCUT2D eigenvalue weighted by molar-refractivity contribution is -0.104. The number of nitrogens with one attached hydrogen (secondary N) is 1. The summed E-state index contributed by atoms with van der Waals surface area (Å²) in [6.07, 6.45) is 0.296. The van der Waals surface area contributed by atoms with Crippen LogP contribution in [-0.4, -0.2) is 15.6 Å². The van der Waals surface area contributed by atoms with E-state index >= 15 is 0 Å². The Hall–Kier alpha value is -1.82. The molecular weight excluding hydrogens is 218 g/mol. The van der Waals surface area contributed by atoms with E-state index in [1.165, 1.54) is 0 Å². The molecule has 0 bridgehead atoms. The standard InChI is InChI=1S/C9H7NO4S/c11-5-8-9(12)10-6-3-1-2-4-7(6)14-15(8)13/h1-5,10,12H. The van der Waals surface area contributed by atoms with Crippen LogP contribution in [0, 0.1) is 0 Å². The number of rotatable bonds is 1. The monoisotopic (exact) mass is 225 g/mol. The normalized spacial score (nSPS) is 19.6. The van der Waals surface area contributed by atoms with Gasteiger partial charge in [0.05, 0.1) is 5.69 Å². The molecule has 1 aliphatic rings. The lowest BCUT2D eigenvalue weighted by Gasteiger charge is -2.04. The molecule has 6 heteroatoms. The maximum Gasteiger partial charge on any atom is 0.249 e. The molecule has 1 atom stereocenters. The SMILES string of the molecule is O=CC1=C(O)Nc2ccccc2OS1=O. The zero-order chi connectivity index (χ0) is 10.8. The molecule has 1 aromatic carbocycles. The van der Waals surface area contributed by atoms with Gasteiger partial charge in [-0.2, -0.15) is 0 Å². The first kappa shape index (κ1) is 9.72. The Bertz CT molecular complexity index is 469. The topological polar surface area (TPSA) is 75.6 Å². The molecule has 1 heterocycles. The molecule has 15 heavy (non-hydrogen) atoms. The van der Waals surface area contributed by atoms with E-state index in [2.05, 4.69) is 5.32 Å². The molecule has 2 rings (SSSR count). The molecule has 2 N–H and O–H groups in total. The van der Waals surface area contributed by atoms with E-state index in [-0.39, 0.29) is 4.91 Å². The second-order valence-electron chi connectivity index (χ2n) is 2.77. The highest BCUT2D eigenvalue weighted by atomic mass is 32.2. The first-order valence-corrected chi connectivity index (χ1v) is 5.14. The maximum absolute atomic E-state index is 11.4. The predicted octanol–water partition coefficient (Wildman–Crippen LogP) is 1.08. The Balaban J connectivity index is 2.51. The van der Waals surface area contributed by atoms with E-state index in [9.17, 15) is 14.1 Å². The Labute approximate surface area is 88.0 Å². The fourth-order valence-corrected chi connectivity index (χ4v) is 1.82. The summed E-state index contributed by atoms with van der Waals surface area (Å²) in [5, 5.41) is 12.0. The Morgan fingerprint density at radius 3 is 2.87 bits per heavy atom. The van der Waals surface area contributed by atoms with E-state index in [0.29, 0.717) is 17.7 Å². The zero-order valence-corrected chi connectivity index (χ0v) is 8.28. The van der Waals surface area contributed by atoms with Crippen LogP contribution in [0.4, 0.5) is 5.69 Å². The summed E-state index contributed by atoms with van der Waals surface area (Å²) in [5.74, 6) is -0.132. The summed E-state index contributed by atoms with van der Waals surface area (Å²) in [6.45, 7) is 0. The van der Waals surface area contributed by atoms with Crippen molar-refractivity contribution >= 4 is 23.1 Å². The molecular formula is C9H7NO4S. The minimum atomic E-state index is -1.99. The predicted molar refractivity (Wildman–Crippen MR) is 54.6 cm³/mol.